The summed E-state index contributed by atoms with van der Waals surface area (Å²) in [6.07, 6.45) is 3.91. The molecule has 5 rings (SSSR count). The zero-order valence-corrected chi connectivity index (χ0v) is 22.9. The Bertz CT molecular complexity index is 1670. The molecule has 1 aliphatic rings. The predicted molar refractivity (Wildman–Crippen MR) is 155 cm³/mol. The lowest BCUT2D eigenvalue weighted by Gasteiger charge is -2.25. The molecule has 0 bridgehead atoms. The Morgan fingerprint density at radius 1 is 1.08 bits per heavy atom. The van der Waals surface area contributed by atoms with Crippen LogP contribution in [0.1, 0.15) is 31.0 Å². The second-order valence-corrected chi connectivity index (χ2v) is 10.6. The van der Waals surface area contributed by atoms with Gasteiger partial charge in [-0.05, 0) is 73.7 Å². The maximum atomic E-state index is 13.8. The Morgan fingerprint density at radius 2 is 1.79 bits per heavy atom. The van der Waals surface area contributed by atoms with Gasteiger partial charge in [0.25, 0.3) is 11.5 Å². The number of para-hydroxylation sites is 1. The van der Waals surface area contributed by atoms with Gasteiger partial charge in [0.15, 0.2) is 4.80 Å². The van der Waals surface area contributed by atoms with E-state index in [0.29, 0.717) is 32.9 Å². The van der Waals surface area contributed by atoms with E-state index < -0.39 is 6.04 Å². The van der Waals surface area contributed by atoms with Crippen molar-refractivity contribution < 1.29 is 9.53 Å². The molecular weight excluding hydrogens is 514 g/mol. The highest BCUT2D eigenvalue weighted by Gasteiger charge is 2.32. The van der Waals surface area contributed by atoms with Gasteiger partial charge in [-0.1, -0.05) is 53.8 Å². The van der Waals surface area contributed by atoms with Crippen LogP contribution in [0.25, 0.3) is 6.08 Å². The normalized spacial score (nSPS) is 15.1. The molecule has 1 N–H and O–H groups in total. The minimum absolute atomic E-state index is 0.181. The third-order valence-corrected chi connectivity index (χ3v) is 7.94. The molecule has 0 saturated carbocycles. The van der Waals surface area contributed by atoms with Gasteiger partial charge in [-0.2, -0.15) is 0 Å². The summed E-state index contributed by atoms with van der Waals surface area (Å²) in [5, 5.41) is 2.98. The van der Waals surface area contributed by atoms with Crippen LogP contribution in [0.15, 0.2) is 105 Å². The molecule has 1 aromatic heterocycles. The number of rotatable bonds is 7. The van der Waals surface area contributed by atoms with Crippen molar-refractivity contribution in [3.63, 3.8) is 0 Å². The molecule has 8 heteroatoms. The number of anilines is 1. The molecule has 2 heterocycles. The van der Waals surface area contributed by atoms with Crippen LogP contribution < -0.4 is 24.9 Å². The van der Waals surface area contributed by atoms with Crippen LogP contribution in [0, 0.1) is 0 Å². The SMILES string of the molecule is CCOc1ccc([C@@H]2C(C(=O)Nc3ccccc3)=C(C)N=c3s/c(=C\c4ccc(SC)cc4)c(=O)n32)cc1. The summed E-state index contributed by atoms with van der Waals surface area (Å²) in [6.45, 7) is 4.30. The topological polar surface area (TPSA) is 72.7 Å². The minimum atomic E-state index is -0.633. The molecule has 0 aliphatic carbocycles. The summed E-state index contributed by atoms with van der Waals surface area (Å²) in [6, 6.07) is 24.2. The number of benzene rings is 3. The van der Waals surface area contributed by atoms with Crippen molar-refractivity contribution in [2.45, 2.75) is 24.8 Å². The zero-order valence-electron chi connectivity index (χ0n) is 21.3. The molecule has 0 fully saturated rings. The Morgan fingerprint density at radius 3 is 2.45 bits per heavy atom. The number of allylic oxidation sites excluding steroid dienone is 1. The first-order chi connectivity index (χ1) is 18.5. The van der Waals surface area contributed by atoms with Crippen molar-refractivity contribution in [2.24, 2.45) is 4.99 Å². The first-order valence-electron chi connectivity index (χ1n) is 12.2. The van der Waals surface area contributed by atoms with Gasteiger partial charge in [0, 0.05) is 10.6 Å². The molecule has 1 aliphatic heterocycles. The number of hydrogen-bond donors (Lipinski definition) is 1. The standard InChI is InChI=1S/C30H27N3O3S2/c1-4-36-23-14-12-21(13-15-23)27-26(28(34)32-22-8-6-5-7-9-22)19(2)31-30-33(27)29(35)25(38-30)18-20-10-16-24(37-3)17-11-20/h5-18,27H,4H2,1-3H3,(H,32,34)/b25-18-/t27-/m1/s1. The van der Waals surface area contributed by atoms with Gasteiger partial charge in [-0.3, -0.25) is 14.2 Å². The molecular formula is C30H27N3O3S2. The van der Waals surface area contributed by atoms with Gasteiger partial charge in [0.2, 0.25) is 0 Å². The van der Waals surface area contributed by atoms with Crippen molar-refractivity contribution in [1.82, 2.24) is 4.57 Å². The van der Waals surface area contributed by atoms with E-state index in [4.69, 9.17) is 9.73 Å². The van der Waals surface area contributed by atoms with Crippen molar-refractivity contribution in [2.75, 3.05) is 18.2 Å². The Kier molecular flexibility index (Phi) is 7.62. The van der Waals surface area contributed by atoms with E-state index in [-0.39, 0.29) is 11.5 Å². The second kappa shape index (κ2) is 11.2. The van der Waals surface area contributed by atoms with Gasteiger partial charge in [0.1, 0.15) is 5.75 Å². The number of thiazole rings is 1. The van der Waals surface area contributed by atoms with Gasteiger partial charge in [-0.25, -0.2) is 4.99 Å². The molecule has 38 heavy (non-hydrogen) atoms. The van der Waals surface area contributed by atoms with Gasteiger partial charge in [-0.15, -0.1) is 11.8 Å². The van der Waals surface area contributed by atoms with Crippen molar-refractivity contribution >= 4 is 40.8 Å². The highest BCUT2D eigenvalue weighted by atomic mass is 32.2. The number of nitrogens with zero attached hydrogens (tertiary/aromatic N) is 2. The number of carbonyl (C=O) groups is 1. The summed E-state index contributed by atoms with van der Waals surface area (Å²) in [7, 11) is 0. The van der Waals surface area contributed by atoms with Gasteiger partial charge in [0.05, 0.1) is 28.5 Å². The Labute approximate surface area is 229 Å². The zero-order chi connectivity index (χ0) is 26.6. The molecule has 4 aromatic rings. The van der Waals surface area contributed by atoms with Crippen LogP contribution in [0.2, 0.25) is 0 Å². The number of amides is 1. The molecule has 0 unspecified atom stereocenters. The highest BCUT2D eigenvalue weighted by Crippen LogP contribution is 2.31. The van der Waals surface area contributed by atoms with Crippen LogP contribution >= 0.6 is 23.1 Å². The molecule has 1 atom stereocenters. The molecule has 0 saturated heterocycles. The van der Waals surface area contributed by atoms with Crippen molar-refractivity contribution in [1.29, 1.82) is 0 Å². The minimum Gasteiger partial charge on any atom is -0.494 e. The highest BCUT2D eigenvalue weighted by molar-refractivity contribution is 7.98. The van der Waals surface area contributed by atoms with E-state index in [1.54, 1.807) is 16.3 Å². The summed E-state index contributed by atoms with van der Waals surface area (Å²) < 4.78 is 7.82. The first kappa shape index (κ1) is 25.8. The molecule has 1 amide bonds. The molecule has 0 radical (unpaired) electrons. The predicted octanol–water partition coefficient (Wildman–Crippen LogP) is 4.99. The van der Waals surface area contributed by atoms with E-state index in [1.165, 1.54) is 11.3 Å². The van der Waals surface area contributed by atoms with E-state index in [0.717, 1.165) is 21.8 Å². The number of fused-ring (bicyclic) bond motifs is 1. The van der Waals surface area contributed by atoms with Crippen molar-refractivity contribution in [3.05, 3.63) is 121 Å². The van der Waals surface area contributed by atoms with Crippen LogP contribution in [0.4, 0.5) is 5.69 Å². The average molecular weight is 542 g/mol. The van der Waals surface area contributed by atoms with Crippen LogP contribution in [-0.4, -0.2) is 23.3 Å². The van der Waals surface area contributed by atoms with Gasteiger partial charge >= 0.3 is 0 Å². The summed E-state index contributed by atoms with van der Waals surface area (Å²) in [5.74, 6) is 0.437. The number of carbonyl (C=O) groups excluding carboxylic acids is 1. The number of ether oxygens (including phenoxy) is 1. The third kappa shape index (κ3) is 5.23. The quantitative estimate of drug-likeness (QED) is 0.335. The number of nitrogens with one attached hydrogen (secondary N) is 1. The molecule has 3 aromatic carbocycles. The summed E-state index contributed by atoms with van der Waals surface area (Å²) in [5.41, 5.74) is 3.24. The monoisotopic (exact) mass is 541 g/mol. The van der Waals surface area contributed by atoms with Crippen molar-refractivity contribution in [3.8, 4) is 5.75 Å². The Hall–Kier alpha value is -3.88. The maximum absolute atomic E-state index is 13.8. The lowest BCUT2D eigenvalue weighted by atomic mass is 9.95. The largest absolute Gasteiger partial charge is 0.494 e. The van der Waals surface area contributed by atoms with Gasteiger partial charge < -0.3 is 10.1 Å². The lowest BCUT2D eigenvalue weighted by Crippen LogP contribution is -2.40. The summed E-state index contributed by atoms with van der Waals surface area (Å²) >= 11 is 3.00. The second-order valence-electron chi connectivity index (χ2n) is 8.68. The fraction of sp³-hybridized carbons (Fsp3) is 0.167. The molecule has 192 valence electrons. The molecule has 6 nitrogen and oxygen atoms in total. The van der Waals surface area contributed by atoms with E-state index in [1.807, 2.05) is 105 Å². The Balaban J connectivity index is 1.64. The number of aromatic nitrogens is 1. The van der Waals surface area contributed by atoms with E-state index in [9.17, 15) is 9.59 Å². The molecule has 0 spiro atoms. The third-order valence-electron chi connectivity index (χ3n) is 6.22. The van der Waals surface area contributed by atoms with E-state index in [2.05, 4.69) is 5.32 Å². The number of hydrogen-bond acceptors (Lipinski definition) is 6. The average Bonchev–Trinajstić information content (AvgIpc) is 3.23. The first-order valence-corrected chi connectivity index (χ1v) is 14.3. The fourth-order valence-electron chi connectivity index (χ4n) is 4.41. The lowest BCUT2D eigenvalue weighted by molar-refractivity contribution is -0.113. The van der Waals surface area contributed by atoms with E-state index >= 15 is 0 Å². The smallest absolute Gasteiger partial charge is 0.271 e. The van der Waals surface area contributed by atoms with Crippen LogP contribution in [0.5, 0.6) is 5.75 Å². The fourth-order valence-corrected chi connectivity index (χ4v) is 5.87. The maximum Gasteiger partial charge on any atom is 0.271 e. The van der Waals surface area contributed by atoms with Crippen LogP contribution in [0.3, 0.4) is 0 Å². The summed E-state index contributed by atoms with van der Waals surface area (Å²) in [4.78, 5) is 33.9. The van der Waals surface area contributed by atoms with Crippen LogP contribution in [-0.2, 0) is 4.79 Å². The number of thioether (sulfide) groups is 1.